The summed E-state index contributed by atoms with van der Waals surface area (Å²) >= 11 is 0. The van der Waals surface area contributed by atoms with Crippen LogP contribution in [0.4, 0.5) is 0 Å². The summed E-state index contributed by atoms with van der Waals surface area (Å²) < 4.78 is 19.6. The van der Waals surface area contributed by atoms with Crippen LogP contribution in [-0.2, 0) is 29.2 Å². The van der Waals surface area contributed by atoms with E-state index in [0.717, 1.165) is 29.3 Å². The predicted octanol–water partition coefficient (Wildman–Crippen LogP) is 1.71. The number of nitrogens with zero attached hydrogens (tertiary/aromatic N) is 5. The van der Waals surface area contributed by atoms with Gasteiger partial charge in [-0.1, -0.05) is 18.2 Å². The van der Waals surface area contributed by atoms with E-state index in [4.69, 9.17) is 14.2 Å². The highest BCUT2D eigenvalue weighted by Gasteiger charge is 2.28. The van der Waals surface area contributed by atoms with E-state index in [-0.39, 0.29) is 30.6 Å². The molecule has 3 atom stereocenters. The van der Waals surface area contributed by atoms with Crippen LogP contribution in [0.5, 0.6) is 11.5 Å². The van der Waals surface area contributed by atoms with Crippen molar-refractivity contribution in [3.8, 4) is 11.5 Å². The second kappa shape index (κ2) is 11.8. The van der Waals surface area contributed by atoms with Gasteiger partial charge >= 0.3 is 0 Å². The number of carbonyl (C=O) groups excluding carboxylic acids is 1. The highest BCUT2D eigenvalue weighted by atomic mass is 16.6. The molecule has 10 nitrogen and oxygen atoms in total. The number of aryl methyl sites for hydroxylation is 1. The number of benzene rings is 1. The van der Waals surface area contributed by atoms with Crippen LogP contribution in [0.25, 0.3) is 0 Å². The Kier molecular flexibility index (Phi) is 8.59. The lowest BCUT2D eigenvalue weighted by atomic mass is 10.0. The molecule has 2 aliphatic rings. The van der Waals surface area contributed by atoms with Crippen LogP contribution >= 0.6 is 0 Å². The summed E-state index contributed by atoms with van der Waals surface area (Å²) in [7, 11) is 2.06. The Bertz CT molecular complexity index is 983. The first-order valence-corrected chi connectivity index (χ1v) is 12.4. The minimum absolute atomic E-state index is 0.0454. The molecule has 0 saturated carbocycles. The van der Waals surface area contributed by atoms with Gasteiger partial charge in [0.15, 0.2) is 11.5 Å². The first kappa shape index (κ1) is 25.4. The van der Waals surface area contributed by atoms with Crippen LogP contribution in [0.3, 0.4) is 0 Å². The average Bonchev–Trinajstić information content (AvgIpc) is 3.30. The van der Waals surface area contributed by atoms with Crippen molar-refractivity contribution in [2.75, 3.05) is 40.0 Å². The smallest absolute Gasteiger partial charge is 0.222 e. The van der Waals surface area contributed by atoms with E-state index < -0.39 is 0 Å². The molecule has 0 fully saturated rings. The minimum atomic E-state index is -0.245. The molecule has 2 aromatic rings. The summed E-state index contributed by atoms with van der Waals surface area (Å²) in [6.07, 6.45) is 2.67. The summed E-state index contributed by atoms with van der Waals surface area (Å²) in [5.74, 6) is 1.67. The molecule has 10 heteroatoms. The number of aliphatic hydroxyl groups is 1. The number of fused-ring (bicyclic) bond motifs is 2. The number of hydrogen-bond donors (Lipinski definition) is 1. The van der Waals surface area contributed by atoms with Gasteiger partial charge in [-0.25, -0.2) is 4.68 Å². The number of aromatic nitrogens is 3. The van der Waals surface area contributed by atoms with Gasteiger partial charge in [-0.2, -0.15) is 0 Å². The molecule has 4 rings (SSSR count). The highest BCUT2D eigenvalue weighted by molar-refractivity contribution is 5.76. The Hall–Kier alpha value is -2.69. The van der Waals surface area contributed by atoms with Crippen molar-refractivity contribution in [2.24, 2.45) is 5.92 Å². The van der Waals surface area contributed by atoms with Crippen LogP contribution in [0.15, 0.2) is 24.4 Å². The van der Waals surface area contributed by atoms with Crippen molar-refractivity contribution < 1.29 is 24.1 Å². The maximum absolute atomic E-state index is 13.0. The van der Waals surface area contributed by atoms with E-state index in [0.29, 0.717) is 52.3 Å². The Balaban J connectivity index is 1.48. The van der Waals surface area contributed by atoms with Gasteiger partial charge in [0, 0.05) is 38.5 Å². The second-order valence-electron chi connectivity index (χ2n) is 9.63. The molecule has 2 aliphatic heterocycles. The molecule has 0 aliphatic carbocycles. The third kappa shape index (κ3) is 6.50. The average molecular weight is 488 g/mol. The second-order valence-corrected chi connectivity index (χ2v) is 9.63. The van der Waals surface area contributed by atoms with Gasteiger partial charge in [0.05, 0.1) is 37.3 Å². The molecule has 0 unspecified atom stereocenters. The molecular formula is C25H37N5O5. The number of carbonyl (C=O) groups is 1. The SMILES string of the molecule is C[C@@H]1CN([C@H](C)CO)C(=O)CCCn2nncc2CO[C@H]1CN(C)Cc1ccc2c(c1)OCCO2. The molecule has 1 N–H and O–H groups in total. The zero-order chi connectivity index (χ0) is 24.8. The number of aliphatic hydroxyl groups excluding tert-OH is 1. The van der Waals surface area contributed by atoms with E-state index in [9.17, 15) is 9.90 Å². The molecule has 3 heterocycles. The fourth-order valence-corrected chi connectivity index (χ4v) is 4.62. The maximum atomic E-state index is 13.0. The number of hydrogen-bond acceptors (Lipinski definition) is 8. The number of rotatable bonds is 6. The van der Waals surface area contributed by atoms with E-state index in [2.05, 4.69) is 35.2 Å². The fourth-order valence-electron chi connectivity index (χ4n) is 4.62. The highest BCUT2D eigenvalue weighted by Crippen LogP contribution is 2.31. The predicted molar refractivity (Wildman–Crippen MR) is 129 cm³/mol. The Labute approximate surface area is 206 Å². The lowest BCUT2D eigenvalue weighted by Crippen LogP contribution is -2.47. The van der Waals surface area contributed by atoms with E-state index in [1.54, 1.807) is 11.1 Å². The largest absolute Gasteiger partial charge is 0.486 e. The first-order chi connectivity index (χ1) is 16.9. The van der Waals surface area contributed by atoms with Crippen LogP contribution in [0.2, 0.25) is 0 Å². The third-order valence-corrected chi connectivity index (χ3v) is 6.69. The quantitative estimate of drug-likeness (QED) is 0.657. The summed E-state index contributed by atoms with van der Waals surface area (Å²) in [6.45, 7) is 8.00. The van der Waals surface area contributed by atoms with Gasteiger partial charge < -0.3 is 24.2 Å². The van der Waals surface area contributed by atoms with Crippen molar-refractivity contribution in [1.82, 2.24) is 24.8 Å². The zero-order valence-electron chi connectivity index (χ0n) is 20.9. The molecule has 0 spiro atoms. The van der Waals surface area contributed by atoms with Crippen LogP contribution in [-0.4, -0.2) is 87.9 Å². The minimum Gasteiger partial charge on any atom is -0.486 e. The van der Waals surface area contributed by atoms with Gasteiger partial charge in [0.2, 0.25) is 5.91 Å². The lowest BCUT2D eigenvalue weighted by molar-refractivity contribution is -0.136. The van der Waals surface area contributed by atoms with Crippen LogP contribution in [0.1, 0.15) is 37.9 Å². The Morgan fingerprint density at radius 1 is 1.26 bits per heavy atom. The molecule has 1 aromatic heterocycles. The van der Waals surface area contributed by atoms with Gasteiger partial charge in [-0.05, 0) is 38.1 Å². The van der Waals surface area contributed by atoms with Gasteiger partial charge in [-0.3, -0.25) is 9.69 Å². The molecule has 1 aromatic carbocycles. The van der Waals surface area contributed by atoms with Gasteiger partial charge in [-0.15, -0.1) is 5.10 Å². The lowest BCUT2D eigenvalue weighted by Gasteiger charge is -2.35. The van der Waals surface area contributed by atoms with Crippen molar-refractivity contribution >= 4 is 5.91 Å². The van der Waals surface area contributed by atoms with Crippen molar-refractivity contribution in [3.05, 3.63) is 35.7 Å². The van der Waals surface area contributed by atoms with E-state index in [1.807, 2.05) is 23.7 Å². The Morgan fingerprint density at radius 2 is 2.06 bits per heavy atom. The standard InChI is InChI=1S/C25H37N5O5/c1-18-13-29(19(2)16-31)25(32)5-4-8-30-21(12-26-27-30)17-35-24(18)15-28(3)14-20-6-7-22-23(11-20)34-10-9-33-22/h6-7,11-12,18-19,24,31H,4-5,8-10,13-17H2,1-3H3/t18-,19-,24+/m1/s1. The molecule has 192 valence electrons. The van der Waals surface area contributed by atoms with Crippen LogP contribution < -0.4 is 9.47 Å². The fraction of sp³-hybridized carbons (Fsp3) is 0.640. The molecule has 0 saturated heterocycles. The first-order valence-electron chi connectivity index (χ1n) is 12.4. The van der Waals surface area contributed by atoms with Crippen molar-refractivity contribution in [3.63, 3.8) is 0 Å². The van der Waals surface area contributed by atoms with Crippen LogP contribution in [0, 0.1) is 5.92 Å². The number of likely N-dealkylation sites (N-methyl/N-ethyl adjacent to an activating group) is 1. The third-order valence-electron chi connectivity index (χ3n) is 6.69. The van der Waals surface area contributed by atoms with E-state index in [1.165, 1.54) is 0 Å². The summed E-state index contributed by atoms with van der Waals surface area (Å²) in [5, 5.41) is 18.0. The Morgan fingerprint density at radius 3 is 2.86 bits per heavy atom. The molecule has 0 radical (unpaired) electrons. The van der Waals surface area contributed by atoms with E-state index >= 15 is 0 Å². The van der Waals surface area contributed by atoms with Crippen molar-refractivity contribution in [2.45, 2.75) is 58.5 Å². The molecule has 1 amide bonds. The summed E-state index contributed by atoms with van der Waals surface area (Å²) in [4.78, 5) is 17.0. The van der Waals surface area contributed by atoms with Crippen molar-refractivity contribution in [1.29, 1.82) is 0 Å². The number of amides is 1. The molecule has 35 heavy (non-hydrogen) atoms. The summed E-state index contributed by atoms with van der Waals surface area (Å²) in [6, 6.07) is 5.80. The zero-order valence-corrected chi connectivity index (χ0v) is 20.9. The number of ether oxygens (including phenoxy) is 3. The molecule has 0 bridgehead atoms. The maximum Gasteiger partial charge on any atom is 0.222 e. The van der Waals surface area contributed by atoms with Gasteiger partial charge in [0.1, 0.15) is 13.2 Å². The van der Waals surface area contributed by atoms with Gasteiger partial charge in [0.25, 0.3) is 0 Å². The topological polar surface area (TPSA) is 102 Å². The normalized spacial score (nSPS) is 22.3. The molecular weight excluding hydrogens is 450 g/mol. The summed E-state index contributed by atoms with van der Waals surface area (Å²) in [5.41, 5.74) is 2.04. The monoisotopic (exact) mass is 487 g/mol.